The van der Waals surface area contributed by atoms with Crippen LogP contribution in [0.5, 0.6) is 11.5 Å². The fourth-order valence-corrected chi connectivity index (χ4v) is 5.42. The lowest BCUT2D eigenvalue weighted by Crippen LogP contribution is -2.36. The Hall–Kier alpha value is -2.97. The van der Waals surface area contributed by atoms with Gasteiger partial charge in [0.15, 0.2) is 11.5 Å². The molecule has 37 heavy (non-hydrogen) atoms. The molecule has 3 atom stereocenters. The van der Waals surface area contributed by atoms with Gasteiger partial charge < -0.3 is 24.4 Å². The first kappa shape index (κ1) is 25.7. The normalized spacial score (nSPS) is 21.1. The van der Waals surface area contributed by atoms with Crippen LogP contribution >= 0.6 is 23.2 Å². The van der Waals surface area contributed by atoms with Gasteiger partial charge >= 0.3 is 6.09 Å². The number of hydrogen-bond donors (Lipinski definition) is 1. The maximum Gasteiger partial charge on any atom is 0.410 e. The molecule has 0 bridgehead atoms. The molecule has 1 N–H and O–H groups in total. The summed E-state index contributed by atoms with van der Waals surface area (Å²) in [6.07, 6.45) is 3.06. The van der Waals surface area contributed by atoms with E-state index < -0.39 is 5.60 Å². The molecule has 1 aliphatic heterocycles. The number of fused-ring (bicyclic) bond motifs is 2. The van der Waals surface area contributed by atoms with Crippen LogP contribution in [0.3, 0.4) is 0 Å². The van der Waals surface area contributed by atoms with Gasteiger partial charge in [-0.1, -0.05) is 23.2 Å². The lowest BCUT2D eigenvalue weighted by Gasteiger charge is -2.25. The lowest BCUT2D eigenvalue weighted by molar-refractivity contribution is 0.0272. The summed E-state index contributed by atoms with van der Waals surface area (Å²) in [5, 5.41) is 5.00. The van der Waals surface area contributed by atoms with Crippen molar-refractivity contribution in [2.24, 2.45) is 11.8 Å². The Labute approximate surface area is 226 Å². The van der Waals surface area contributed by atoms with Gasteiger partial charge in [0.2, 0.25) is 0 Å². The van der Waals surface area contributed by atoms with E-state index in [0.717, 1.165) is 29.4 Å². The molecule has 2 aromatic carbocycles. The van der Waals surface area contributed by atoms with E-state index in [2.05, 4.69) is 15.3 Å². The van der Waals surface area contributed by atoms with Gasteiger partial charge in [0.05, 0.1) is 28.8 Å². The summed E-state index contributed by atoms with van der Waals surface area (Å²) in [5.74, 6) is 2.66. The SMILES string of the molecule is COc1cc2c(Nc3ccc(Cl)c(Cl)c3)ncnc2cc1OC1C[C@@H]2CN(C(=O)OC(C)(C)C)C[C@@H]2C1. The standard InChI is InChI=1S/C27H30Cl2N4O4/c1-27(2,3)37-26(34)33-12-15-7-18(8-16(15)13-33)36-24-11-22-19(10-23(24)35-4)25(31-14-30-22)32-17-5-6-20(28)21(29)9-17/h5-6,9-11,14-16,18H,7-8,12-13H2,1-4H3,(H,30,31,32)/t15-,16+,18?. The third kappa shape index (κ3) is 5.65. The molecule has 2 heterocycles. The zero-order chi connectivity index (χ0) is 26.3. The van der Waals surface area contributed by atoms with E-state index in [0.29, 0.717) is 52.3 Å². The van der Waals surface area contributed by atoms with Crippen LogP contribution in [0.1, 0.15) is 33.6 Å². The van der Waals surface area contributed by atoms with Crippen molar-refractivity contribution in [3.8, 4) is 11.5 Å². The molecule has 1 aliphatic carbocycles. The lowest BCUT2D eigenvalue weighted by atomic mass is 10.0. The van der Waals surface area contributed by atoms with E-state index in [1.807, 2.05) is 43.9 Å². The average Bonchev–Trinajstić information content (AvgIpc) is 3.39. The van der Waals surface area contributed by atoms with E-state index in [9.17, 15) is 4.79 Å². The number of nitrogens with one attached hydrogen (secondary N) is 1. The summed E-state index contributed by atoms with van der Waals surface area (Å²) in [4.78, 5) is 23.2. The molecule has 1 saturated heterocycles. The van der Waals surface area contributed by atoms with Gasteiger partial charge in [-0.25, -0.2) is 14.8 Å². The van der Waals surface area contributed by atoms with Crippen LogP contribution in [0.2, 0.25) is 10.0 Å². The molecule has 1 saturated carbocycles. The quantitative estimate of drug-likeness (QED) is 0.381. The van der Waals surface area contributed by atoms with Crippen LogP contribution in [0.25, 0.3) is 10.9 Å². The molecular formula is C27H30Cl2N4O4. The highest BCUT2D eigenvalue weighted by atomic mass is 35.5. The fraction of sp³-hybridized carbons (Fsp3) is 0.444. The van der Waals surface area contributed by atoms with Gasteiger partial charge in [-0.2, -0.15) is 0 Å². The molecule has 1 amide bonds. The number of carbonyl (C=O) groups is 1. The van der Waals surface area contributed by atoms with E-state index in [1.165, 1.54) is 6.33 Å². The third-order valence-electron chi connectivity index (χ3n) is 6.76. The van der Waals surface area contributed by atoms with Crippen molar-refractivity contribution in [2.45, 2.75) is 45.3 Å². The molecular weight excluding hydrogens is 515 g/mol. The molecule has 8 nitrogen and oxygen atoms in total. The molecule has 196 valence electrons. The Morgan fingerprint density at radius 2 is 1.76 bits per heavy atom. The van der Waals surface area contributed by atoms with Crippen LogP contribution in [0, 0.1) is 11.8 Å². The Morgan fingerprint density at radius 1 is 1.03 bits per heavy atom. The number of hydrogen-bond acceptors (Lipinski definition) is 7. The number of halogens is 2. The highest BCUT2D eigenvalue weighted by molar-refractivity contribution is 6.42. The Morgan fingerprint density at radius 3 is 2.41 bits per heavy atom. The molecule has 2 aliphatic rings. The fourth-order valence-electron chi connectivity index (χ4n) is 5.12. The topological polar surface area (TPSA) is 85.8 Å². The monoisotopic (exact) mass is 544 g/mol. The molecule has 2 fully saturated rings. The van der Waals surface area contributed by atoms with Crippen molar-refractivity contribution in [3.63, 3.8) is 0 Å². The maximum absolute atomic E-state index is 12.5. The minimum atomic E-state index is -0.492. The molecule has 10 heteroatoms. The highest BCUT2D eigenvalue weighted by Gasteiger charge is 2.44. The van der Waals surface area contributed by atoms with E-state index in [4.69, 9.17) is 37.4 Å². The van der Waals surface area contributed by atoms with Gasteiger partial charge in [-0.3, -0.25) is 0 Å². The van der Waals surface area contributed by atoms with E-state index in [1.54, 1.807) is 19.2 Å². The van der Waals surface area contributed by atoms with Crippen molar-refractivity contribution >= 4 is 51.7 Å². The number of nitrogens with zero attached hydrogens (tertiary/aromatic N) is 3. The first-order valence-electron chi connectivity index (χ1n) is 12.3. The Bertz CT molecular complexity index is 1320. The van der Waals surface area contributed by atoms with Crippen molar-refractivity contribution in [2.75, 3.05) is 25.5 Å². The molecule has 0 radical (unpaired) electrons. The number of methoxy groups -OCH3 is 1. The summed E-state index contributed by atoms with van der Waals surface area (Å²) < 4.78 is 17.7. The van der Waals surface area contributed by atoms with Crippen LogP contribution < -0.4 is 14.8 Å². The molecule has 0 spiro atoms. The maximum atomic E-state index is 12.5. The summed E-state index contributed by atoms with van der Waals surface area (Å²) in [7, 11) is 1.62. The number of ether oxygens (including phenoxy) is 3. The number of benzene rings is 2. The van der Waals surface area contributed by atoms with Crippen molar-refractivity contribution in [1.29, 1.82) is 0 Å². The van der Waals surface area contributed by atoms with Crippen LogP contribution in [-0.2, 0) is 4.74 Å². The zero-order valence-corrected chi connectivity index (χ0v) is 22.8. The first-order valence-corrected chi connectivity index (χ1v) is 13.0. The van der Waals surface area contributed by atoms with Gasteiger partial charge in [-0.05, 0) is 69.7 Å². The molecule has 5 rings (SSSR count). The van der Waals surface area contributed by atoms with Gasteiger partial charge in [0.25, 0.3) is 0 Å². The average molecular weight is 545 g/mol. The van der Waals surface area contributed by atoms with Gasteiger partial charge in [-0.15, -0.1) is 0 Å². The van der Waals surface area contributed by atoms with Crippen LogP contribution in [0.15, 0.2) is 36.7 Å². The number of anilines is 2. The Kier molecular flexibility index (Phi) is 6.98. The van der Waals surface area contributed by atoms with Crippen LogP contribution in [0.4, 0.5) is 16.3 Å². The third-order valence-corrected chi connectivity index (χ3v) is 7.50. The van der Waals surface area contributed by atoms with Gasteiger partial charge in [0, 0.05) is 30.2 Å². The Balaban J connectivity index is 1.30. The van der Waals surface area contributed by atoms with Crippen molar-refractivity contribution < 1.29 is 19.0 Å². The smallest absolute Gasteiger partial charge is 0.410 e. The predicted octanol–water partition coefficient (Wildman–Crippen LogP) is 6.71. The number of rotatable bonds is 5. The first-order chi connectivity index (χ1) is 17.6. The summed E-state index contributed by atoms with van der Waals surface area (Å²) in [5.41, 5.74) is 0.989. The molecule has 3 aromatic rings. The zero-order valence-electron chi connectivity index (χ0n) is 21.3. The number of amides is 1. The van der Waals surface area contributed by atoms with E-state index in [-0.39, 0.29) is 12.2 Å². The summed E-state index contributed by atoms with van der Waals surface area (Å²) in [6.45, 7) is 7.07. The second kappa shape index (κ2) is 10.1. The van der Waals surface area contributed by atoms with Crippen LogP contribution in [-0.4, -0.2) is 52.9 Å². The summed E-state index contributed by atoms with van der Waals surface area (Å²) >= 11 is 12.2. The predicted molar refractivity (Wildman–Crippen MR) is 144 cm³/mol. The number of aromatic nitrogens is 2. The largest absolute Gasteiger partial charge is 0.493 e. The molecule has 1 unspecified atom stereocenters. The highest BCUT2D eigenvalue weighted by Crippen LogP contribution is 2.42. The van der Waals surface area contributed by atoms with Crippen molar-refractivity contribution in [1.82, 2.24) is 14.9 Å². The van der Waals surface area contributed by atoms with Crippen molar-refractivity contribution in [3.05, 3.63) is 46.7 Å². The summed E-state index contributed by atoms with van der Waals surface area (Å²) in [6, 6.07) is 9.07. The van der Waals surface area contributed by atoms with E-state index >= 15 is 0 Å². The van der Waals surface area contributed by atoms with Gasteiger partial charge in [0.1, 0.15) is 17.7 Å². The molecule has 1 aromatic heterocycles. The second-order valence-electron chi connectivity index (χ2n) is 10.6. The number of likely N-dealkylation sites (tertiary alicyclic amines) is 1. The number of carbonyl (C=O) groups excluding carboxylic acids is 1. The minimum absolute atomic E-state index is 0.0396. The second-order valence-corrected chi connectivity index (χ2v) is 11.4. The minimum Gasteiger partial charge on any atom is -0.493 e.